The molecule has 0 bridgehead atoms. The summed E-state index contributed by atoms with van der Waals surface area (Å²) in [7, 11) is 0. The van der Waals surface area contributed by atoms with Gasteiger partial charge in [-0.05, 0) is 25.5 Å². The lowest BCUT2D eigenvalue weighted by molar-refractivity contribution is 0.277. The highest BCUT2D eigenvalue weighted by Crippen LogP contribution is 2.27. The molecule has 3 heteroatoms. The second-order valence-electron chi connectivity index (χ2n) is 4.74. The molecule has 0 radical (unpaired) electrons. The van der Waals surface area contributed by atoms with Crippen molar-refractivity contribution in [2.75, 3.05) is 18.0 Å². The van der Waals surface area contributed by atoms with Crippen LogP contribution in [0.15, 0.2) is 30.3 Å². The monoisotopic (exact) mass is 258 g/mol. The van der Waals surface area contributed by atoms with Crippen molar-refractivity contribution in [2.45, 2.75) is 33.3 Å². The van der Waals surface area contributed by atoms with Crippen molar-refractivity contribution in [3.05, 3.63) is 36.0 Å². The highest BCUT2D eigenvalue weighted by molar-refractivity contribution is 5.91. The minimum absolute atomic E-state index is 0.0107. The molecule has 0 saturated heterocycles. The third-order valence-corrected chi connectivity index (χ3v) is 3.41. The summed E-state index contributed by atoms with van der Waals surface area (Å²) in [6.07, 6.45) is 2.37. The number of aliphatic hydroxyl groups is 1. The van der Waals surface area contributed by atoms with E-state index in [9.17, 15) is 5.11 Å². The third-order valence-electron chi connectivity index (χ3n) is 3.41. The molecule has 1 aromatic carbocycles. The Balaban J connectivity index is 2.49. The van der Waals surface area contributed by atoms with E-state index in [4.69, 9.17) is 0 Å². The smallest absolute Gasteiger partial charge is 0.0854 e. The molecule has 102 valence electrons. The summed E-state index contributed by atoms with van der Waals surface area (Å²) < 4.78 is 0. The summed E-state index contributed by atoms with van der Waals surface area (Å²) in [6, 6.07) is 10.2. The maximum Gasteiger partial charge on any atom is 0.0854 e. The predicted octanol–water partition coefficient (Wildman–Crippen LogP) is 3.35. The van der Waals surface area contributed by atoms with Crippen molar-refractivity contribution in [2.24, 2.45) is 0 Å². The van der Waals surface area contributed by atoms with Gasteiger partial charge in [0.2, 0.25) is 0 Å². The Morgan fingerprint density at radius 1 is 1.21 bits per heavy atom. The number of para-hydroxylation sites is 1. The zero-order chi connectivity index (χ0) is 13.7. The fourth-order valence-corrected chi connectivity index (χ4v) is 2.35. The van der Waals surface area contributed by atoms with Crippen molar-refractivity contribution in [3.63, 3.8) is 0 Å². The Hall–Kier alpha value is -1.61. The lowest BCUT2D eigenvalue weighted by atomic mass is 10.1. The maximum atomic E-state index is 9.37. The summed E-state index contributed by atoms with van der Waals surface area (Å²) in [6.45, 7) is 6.38. The van der Waals surface area contributed by atoms with Gasteiger partial charge in [0.15, 0.2) is 0 Å². The molecule has 2 aromatic rings. The average molecular weight is 258 g/mol. The topological polar surface area (TPSA) is 36.4 Å². The first-order valence-corrected chi connectivity index (χ1v) is 7.04. The maximum absolute atomic E-state index is 9.37. The molecular weight excluding hydrogens is 236 g/mol. The number of rotatable bonds is 6. The lowest BCUT2D eigenvalue weighted by Gasteiger charge is -2.25. The van der Waals surface area contributed by atoms with Crippen LogP contribution in [-0.2, 0) is 6.61 Å². The van der Waals surface area contributed by atoms with E-state index in [2.05, 4.69) is 29.8 Å². The minimum atomic E-state index is -0.0107. The van der Waals surface area contributed by atoms with Crippen molar-refractivity contribution < 1.29 is 5.11 Å². The molecule has 0 aliphatic heterocycles. The summed E-state index contributed by atoms with van der Waals surface area (Å²) in [5, 5.41) is 10.5. The predicted molar refractivity (Wildman–Crippen MR) is 80.5 cm³/mol. The number of hydrogen-bond acceptors (Lipinski definition) is 3. The van der Waals surface area contributed by atoms with Crippen LogP contribution in [0, 0.1) is 0 Å². The first-order valence-electron chi connectivity index (χ1n) is 7.04. The summed E-state index contributed by atoms with van der Waals surface area (Å²) in [5.74, 6) is 0. The van der Waals surface area contributed by atoms with Gasteiger partial charge in [-0.2, -0.15) is 0 Å². The molecule has 0 unspecified atom stereocenters. The molecule has 19 heavy (non-hydrogen) atoms. The van der Waals surface area contributed by atoms with Gasteiger partial charge in [-0.3, -0.25) is 4.98 Å². The number of nitrogens with zero attached hydrogens (tertiary/aromatic N) is 2. The molecule has 0 spiro atoms. The number of anilines is 1. The summed E-state index contributed by atoms with van der Waals surface area (Å²) in [5.41, 5.74) is 2.88. The van der Waals surface area contributed by atoms with Gasteiger partial charge < -0.3 is 10.0 Å². The van der Waals surface area contributed by atoms with Gasteiger partial charge in [-0.1, -0.05) is 31.5 Å². The van der Waals surface area contributed by atoms with Crippen LogP contribution in [0.3, 0.4) is 0 Å². The van der Waals surface area contributed by atoms with Crippen LogP contribution in [0.4, 0.5) is 5.69 Å². The van der Waals surface area contributed by atoms with Gasteiger partial charge in [0.25, 0.3) is 0 Å². The number of pyridine rings is 1. The van der Waals surface area contributed by atoms with Gasteiger partial charge in [0.1, 0.15) is 0 Å². The van der Waals surface area contributed by atoms with E-state index < -0.39 is 0 Å². The lowest BCUT2D eigenvalue weighted by Crippen LogP contribution is -2.24. The van der Waals surface area contributed by atoms with Crippen LogP contribution in [0.2, 0.25) is 0 Å². The number of unbranched alkanes of at least 4 members (excludes halogenated alkanes) is 1. The summed E-state index contributed by atoms with van der Waals surface area (Å²) >= 11 is 0. The third kappa shape index (κ3) is 3.04. The summed E-state index contributed by atoms with van der Waals surface area (Å²) in [4.78, 5) is 6.84. The molecule has 2 rings (SSSR count). The minimum Gasteiger partial charge on any atom is -0.390 e. The van der Waals surface area contributed by atoms with Crippen molar-refractivity contribution in [1.29, 1.82) is 0 Å². The van der Waals surface area contributed by atoms with Crippen molar-refractivity contribution >= 4 is 16.6 Å². The molecule has 0 aliphatic rings. The highest BCUT2D eigenvalue weighted by atomic mass is 16.3. The molecule has 1 heterocycles. The molecule has 0 amide bonds. The van der Waals surface area contributed by atoms with E-state index in [0.29, 0.717) is 0 Å². The Morgan fingerprint density at radius 2 is 2.00 bits per heavy atom. The van der Waals surface area contributed by atoms with Crippen LogP contribution in [0.5, 0.6) is 0 Å². The number of hydrogen-bond donors (Lipinski definition) is 1. The van der Waals surface area contributed by atoms with Crippen LogP contribution < -0.4 is 4.90 Å². The van der Waals surface area contributed by atoms with E-state index >= 15 is 0 Å². The zero-order valence-corrected chi connectivity index (χ0v) is 11.8. The Labute approximate surface area is 114 Å². The number of fused-ring (bicyclic) bond motifs is 1. The normalized spacial score (nSPS) is 10.9. The van der Waals surface area contributed by atoms with Crippen LogP contribution in [0.25, 0.3) is 10.9 Å². The van der Waals surface area contributed by atoms with Crippen molar-refractivity contribution in [1.82, 2.24) is 4.98 Å². The molecule has 1 aromatic heterocycles. The number of aliphatic hydroxyl groups excluding tert-OH is 1. The number of benzene rings is 1. The Bertz CT molecular complexity index is 539. The largest absolute Gasteiger partial charge is 0.390 e. The molecule has 0 saturated carbocycles. The first kappa shape index (κ1) is 13.8. The Morgan fingerprint density at radius 3 is 2.68 bits per heavy atom. The van der Waals surface area contributed by atoms with Crippen LogP contribution in [0.1, 0.15) is 32.4 Å². The second kappa shape index (κ2) is 6.53. The van der Waals surface area contributed by atoms with Gasteiger partial charge in [-0.15, -0.1) is 0 Å². The molecule has 0 aliphatic carbocycles. The van der Waals surface area contributed by atoms with Crippen molar-refractivity contribution in [3.8, 4) is 0 Å². The standard InChI is InChI=1S/C16H22N2O/c1-3-5-10-18(4-2)16-11-13(12-19)17-15-9-7-6-8-14(15)16/h6-9,11,19H,3-5,10,12H2,1-2H3. The van der Waals surface area contributed by atoms with E-state index in [-0.39, 0.29) is 6.61 Å². The van der Waals surface area contributed by atoms with E-state index in [0.717, 1.165) is 29.7 Å². The van der Waals surface area contributed by atoms with Crippen LogP contribution >= 0.6 is 0 Å². The SMILES string of the molecule is CCCCN(CC)c1cc(CO)nc2ccccc12. The van der Waals surface area contributed by atoms with E-state index in [1.54, 1.807) is 0 Å². The molecule has 0 fully saturated rings. The molecule has 3 nitrogen and oxygen atoms in total. The second-order valence-corrected chi connectivity index (χ2v) is 4.74. The van der Waals surface area contributed by atoms with Gasteiger partial charge in [0.05, 0.1) is 17.8 Å². The fourth-order valence-electron chi connectivity index (χ4n) is 2.35. The Kier molecular flexibility index (Phi) is 4.74. The fraction of sp³-hybridized carbons (Fsp3) is 0.438. The quantitative estimate of drug-likeness (QED) is 0.863. The van der Waals surface area contributed by atoms with Gasteiger partial charge >= 0.3 is 0 Å². The first-order chi connectivity index (χ1) is 9.30. The van der Waals surface area contributed by atoms with Gasteiger partial charge in [0, 0.05) is 24.2 Å². The van der Waals surface area contributed by atoms with E-state index in [1.165, 1.54) is 18.5 Å². The average Bonchev–Trinajstić information content (AvgIpc) is 2.47. The number of aromatic nitrogens is 1. The van der Waals surface area contributed by atoms with Crippen LogP contribution in [-0.4, -0.2) is 23.2 Å². The zero-order valence-electron chi connectivity index (χ0n) is 11.8. The highest BCUT2D eigenvalue weighted by Gasteiger charge is 2.10. The molecular formula is C16H22N2O. The van der Waals surface area contributed by atoms with E-state index in [1.807, 2.05) is 24.3 Å². The molecule has 1 N–H and O–H groups in total. The molecule has 0 atom stereocenters. The van der Waals surface area contributed by atoms with Gasteiger partial charge in [-0.25, -0.2) is 0 Å².